The Hall–Kier alpha value is -0.460. The highest BCUT2D eigenvalue weighted by molar-refractivity contribution is 5.35. The lowest BCUT2D eigenvalue weighted by atomic mass is 9.49. The fraction of sp³-hybridized carbons (Fsp3) is 0.857. The smallest absolute Gasteiger partial charge is 0.0500 e. The van der Waals surface area contributed by atoms with Gasteiger partial charge in [-0.2, -0.15) is 0 Å². The topological polar surface area (TPSA) is 3.24 Å². The van der Waals surface area contributed by atoms with Gasteiger partial charge in [-0.25, -0.2) is 0 Å². The summed E-state index contributed by atoms with van der Waals surface area (Å²) in [7, 11) is 0. The average molecular weight is 205 g/mol. The van der Waals surface area contributed by atoms with Gasteiger partial charge in [-0.1, -0.05) is 33.8 Å². The second kappa shape index (κ2) is 2.44. The van der Waals surface area contributed by atoms with Crippen molar-refractivity contribution in [3.63, 3.8) is 0 Å². The molecule has 4 aliphatic rings. The fourth-order valence-corrected chi connectivity index (χ4v) is 4.80. The number of nitrogens with zero attached hydrogens (tertiary/aromatic N) is 1. The summed E-state index contributed by atoms with van der Waals surface area (Å²) in [5.41, 5.74) is 1.08. The maximum Gasteiger partial charge on any atom is 0.0500 e. The monoisotopic (exact) mass is 205 g/mol. The van der Waals surface area contributed by atoms with Crippen LogP contribution < -0.4 is 0 Å². The van der Waals surface area contributed by atoms with E-state index in [4.69, 9.17) is 0 Å². The summed E-state index contributed by atoms with van der Waals surface area (Å²) in [5.74, 6) is 2.72. The minimum atomic E-state index is 0.524. The summed E-state index contributed by atoms with van der Waals surface area (Å²) < 4.78 is 0. The summed E-state index contributed by atoms with van der Waals surface area (Å²) in [5, 5.41) is 0. The van der Waals surface area contributed by atoms with Crippen molar-refractivity contribution < 1.29 is 0 Å². The molecule has 2 aliphatic heterocycles. The molecule has 4 fully saturated rings. The highest BCUT2D eigenvalue weighted by atomic mass is 15.4. The van der Waals surface area contributed by atoms with Crippen LogP contribution in [0.1, 0.15) is 41.0 Å². The van der Waals surface area contributed by atoms with Crippen LogP contribution in [0.5, 0.6) is 0 Å². The van der Waals surface area contributed by atoms with Crippen molar-refractivity contribution in [1.29, 1.82) is 0 Å². The van der Waals surface area contributed by atoms with Gasteiger partial charge in [-0.05, 0) is 36.8 Å². The SMILES string of the molecule is CC=CN1C2CC13C2C(C)C(C)(C)C3C. The third-order valence-corrected chi connectivity index (χ3v) is 6.25. The van der Waals surface area contributed by atoms with Crippen LogP contribution >= 0.6 is 0 Å². The summed E-state index contributed by atoms with van der Waals surface area (Å²) in [6.45, 7) is 12.0. The van der Waals surface area contributed by atoms with E-state index >= 15 is 0 Å². The normalized spacial score (nSPS) is 55.1. The summed E-state index contributed by atoms with van der Waals surface area (Å²) in [6, 6.07) is 0.875. The number of rotatable bonds is 1. The van der Waals surface area contributed by atoms with Gasteiger partial charge in [0.2, 0.25) is 0 Å². The lowest BCUT2D eigenvalue weighted by molar-refractivity contribution is -0.238. The first-order valence-corrected chi connectivity index (χ1v) is 6.39. The first kappa shape index (κ1) is 9.74. The molecule has 0 amide bonds. The van der Waals surface area contributed by atoms with Crippen LogP contribution in [0.2, 0.25) is 0 Å². The third-order valence-electron chi connectivity index (χ3n) is 6.25. The van der Waals surface area contributed by atoms with Gasteiger partial charge < -0.3 is 4.90 Å². The molecule has 2 bridgehead atoms. The van der Waals surface area contributed by atoms with Gasteiger partial charge in [0, 0.05) is 12.0 Å². The Morgan fingerprint density at radius 1 is 1.27 bits per heavy atom. The largest absolute Gasteiger partial charge is 0.368 e. The van der Waals surface area contributed by atoms with Crippen LogP contribution in [-0.4, -0.2) is 16.5 Å². The lowest BCUT2D eigenvalue weighted by Crippen LogP contribution is -2.84. The van der Waals surface area contributed by atoms with Crippen molar-refractivity contribution in [2.75, 3.05) is 0 Å². The average Bonchev–Trinajstić information content (AvgIpc) is 2.19. The van der Waals surface area contributed by atoms with E-state index in [9.17, 15) is 0 Å². The minimum absolute atomic E-state index is 0.524. The number of hydrogen-bond acceptors (Lipinski definition) is 1. The zero-order chi connectivity index (χ0) is 11.0. The molecule has 2 saturated carbocycles. The Morgan fingerprint density at radius 2 is 1.93 bits per heavy atom. The molecule has 2 saturated heterocycles. The van der Waals surface area contributed by atoms with Crippen LogP contribution in [0.4, 0.5) is 0 Å². The van der Waals surface area contributed by atoms with Crippen LogP contribution in [-0.2, 0) is 0 Å². The van der Waals surface area contributed by atoms with E-state index in [1.165, 1.54) is 6.42 Å². The Labute approximate surface area is 93.5 Å². The molecular formula is C14H23N. The Balaban J connectivity index is 1.97. The summed E-state index contributed by atoms with van der Waals surface area (Å²) in [4.78, 5) is 2.65. The van der Waals surface area contributed by atoms with Crippen LogP contribution in [0.3, 0.4) is 0 Å². The molecule has 4 rings (SSSR count). The minimum Gasteiger partial charge on any atom is -0.368 e. The van der Waals surface area contributed by atoms with E-state index in [1.54, 1.807) is 0 Å². The third kappa shape index (κ3) is 0.735. The van der Waals surface area contributed by atoms with Crippen molar-refractivity contribution in [1.82, 2.24) is 4.90 Å². The molecule has 15 heavy (non-hydrogen) atoms. The van der Waals surface area contributed by atoms with Crippen molar-refractivity contribution in [2.24, 2.45) is 23.2 Å². The zero-order valence-electron chi connectivity index (χ0n) is 10.6. The first-order valence-electron chi connectivity index (χ1n) is 6.39. The molecule has 1 spiro atoms. The van der Waals surface area contributed by atoms with Crippen LogP contribution in [0.15, 0.2) is 12.3 Å². The summed E-state index contributed by atoms with van der Waals surface area (Å²) in [6.07, 6.45) is 5.99. The van der Waals surface area contributed by atoms with Crippen molar-refractivity contribution in [3.8, 4) is 0 Å². The predicted octanol–water partition coefficient (Wildman–Crippen LogP) is 3.27. The molecule has 2 heterocycles. The molecule has 2 aliphatic carbocycles. The fourth-order valence-electron chi connectivity index (χ4n) is 4.80. The zero-order valence-corrected chi connectivity index (χ0v) is 10.6. The molecule has 0 aromatic heterocycles. The standard InChI is InChI=1S/C14H23N/c1-6-7-15-11-8-14(15)10(3)13(4,5)9(2)12(11)14/h6-7,9-12H,8H2,1-5H3. The van der Waals surface area contributed by atoms with Crippen molar-refractivity contribution in [2.45, 2.75) is 52.6 Å². The predicted molar refractivity (Wildman–Crippen MR) is 63.4 cm³/mol. The van der Waals surface area contributed by atoms with Crippen LogP contribution in [0.25, 0.3) is 0 Å². The maximum atomic E-state index is 2.65. The Kier molecular flexibility index (Phi) is 1.59. The van der Waals surface area contributed by atoms with E-state index in [1.807, 2.05) is 0 Å². The number of allylic oxidation sites excluding steroid dienone is 1. The quantitative estimate of drug-likeness (QED) is 0.635. The van der Waals surface area contributed by atoms with Gasteiger partial charge in [0.15, 0.2) is 0 Å². The second-order valence-corrected chi connectivity index (χ2v) is 6.51. The Morgan fingerprint density at radius 3 is 2.40 bits per heavy atom. The molecule has 5 unspecified atom stereocenters. The summed E-state index contributed by atoms with van der Waals surface area (Å²) >= 11 is 0. The highest BCUT2D eigenvalue weighted by Gasteiger charge is 2.80. The van der Waals surface area contributed by atoms with Gasteiger partial charge in [0.1, 0.15) is 0 Å². The van der Waals surface area contributed by atoms with E-state index in [0.717, 1.165) is 23.8 Å². The molecule has 0 N–H and O–H groups in total. The molecule has 0 aromatic rings. The van der Waals surface area contributed by atoms with Gasteiger partial charge in [-0.3, -0.25) is 0 Å². The van der Waals surface area contributed by atoms with Gasteiger partial charge in [-0.15, -0.1) is 0 Å². The highest BCUT2D eigenvalue weighted by Crippen LogP contribution is 2.75. The number of hydrogen-bond donors (Lipinski definition) is 0. The van der Waals surface area contributed by atoms with E-state index in [2.05, 4.69) is 51.8 Å². The molecule has 1 nitrogen and oxygen atoms in total. The lowest BCUT2D eigenvalue weighted by Gasteiger charge is -2.76. The van der Waals surface area contributed by atoms with Gasteiger partial charge in [0.05, 0.1) is 5.54 Å². The van der Waals surface area contributed by atoms with Crippen molar-refractivity contribution >= 4 is 0 Å². The second-order valence-electron chi connectivity index (χ2n) is 6.51. The molecule has 0 aromatic carbocycles. The van der Waals surface area contributed by atoms with E-state index < -0.39 is 0 Å². The van der Waals surface area contributed by atoms with Crippen LogP contribution in [0, 0.1) is 23.2 Å². The molecule has 84 valence electrons. The molecular weight excluding hydrogens is 182 g/mol. The Bertz CT molecular complexity index is 330. The van der Waals surface area contributed by atoms with E-state index in [-0.39, 0.29) is 0 Å². The van der Waals surface area contributed by atoms with E-state index in [0.29, 0.717) is 11.0 Å². The maximum absolute atomic E-state index is 2.65. The first-order chi connectivity index (χ1) is 6.98. The molecule has 1 heteroatoms. The molecule has 0 radical (unpaired) electrons. The van der Waals surface area contributed by atoms with Crippen molar-refractivity contribution in [3.05, 3.63) is 12.3 Å². The van der Waals surface area contributed by atoms with Gasteiger partial charge in [0.25, 0.3) is 0 Å². The molecule has 5 atom stereocenters. The van der Waals surface area contributed by atoms with Gasteiger partial charge >= 0.3 is 0 Å².